The number of anilines is 1. The van der Waals surface area contributed by atoms with E-state index in [4.69, 9.17) is 0 Å². The summed E-state index contributed by atoms with van der Waals surface area (Å²) in [6, 6.07) is 13.7. The van der Waals surface area contributed by atoms with Gasteiger partial charge in [-0.3, -0.25) is 4.79 Å². The number of thiazole rings is 1. The molecule has 35 heavy (non-hydrogen) atoms. The number of amides is 1. The fourth-order valence-electron chi connectivity index (χ4n) is 3.89. The minimum absolute atomic E-state index is 0.174. The number of hydrogen-bond acceptors (Lipinski definition) is 6. The monoisotopic (exact) mass is 511 g/mol. The van der Waals surface area contributed by atoms with E-state index in [0.29, 0.717) is 41.0 Å². The second-order valence-corrected chi connectivity index (χ2v) is 11.0. The molecule has 0 unspecified atom stereocenters. The van der Waals surface area contributed by atoms with Crippen molar-refractivity contribution in [2.24, 2.45) is 0 Å². The van der Waals surface area contributed by atoms with Gasteiger partial charge in [-0.05, 0) is 68.3 Å². The molecule has 4 aromatic rings. The van der Waals surface area contributed by atoms with Crippen LogP contribution in [0.25, 0.3) is 16.4 Å². The normalized spacial score (nSPS) is 14.3. The van der Waals surface area contributed by atoms with Crippen LogP contribution in [0.2, 0.25) is 0 Å². The van der Waals surface area contributed by atoms with E-state index in [0.717, 1.165) is 18.4 Å². The summed E-state index contributed by atoms with van der Waals surface area (Å²) >= 11 is 1.34. The van der Waals surface area contributed by atoms with Gasteiger partial charge in [0, 0.05) is 35.7 Å². The minimum atomic E-state index is -3.54. The standard InChI is InChI=1S/C24H22FN5O3S2/c1-16-14-22(30(28-16)24-26-21(15-34-24)17-4-8-19(25)9-5-17)27-23(31)18-6-10-20(11-7-18)35(32,33)29-12-2-3-13-29/h4-11,14-15H,2-3,12-13H2,1H3,(H,27,31). The quantitative estimate of drug-likeness (QED) is 0.412. The molecule has 2 aromatic heterocycles. The number of carbonyl (C=O) groups excluding carboxylic acids is 1. The van der Waals surface area contributed by atoms with E-state index < -0.39 is 15.9 Å². The van der Waals surface area contributed by atoms with Crippen LogP contribution in [0.3, 0.4) is 0 Å². The predicted molar refractivity (Wildman–Crippen MR) is 132 cm³/mol. The zero-order chi connectivity index (χ0) is 24.6. The Morgan fingerprint density at radius 1 is 1.06 bits per heavy atom. The van der Waals surface area contributed by atoms with Gasteiger partial charge in [-0.1, -0.05) is 0 Å². The number of nitrogens with one attached hydrogen (secondary N) is 1. The van der Waals surface area contributed by atoms with E-state index >= 15 is 0 Å². The molecule has 0 saturated carbocycles. The van der Waals surface area contributed by atoms with E-state index in [1.165, 1.54) is 56.7 Å². The van der Waals surface area contributed by atoms with Gasteiger partial charge in [0.15, 0.2) is 0 Å². The lowest BCUT2D eigenvalue weighted by Gasteiger charge is -2.15. The highest BCUT2D eigenvalue weighted by molar-refractivity contribution is 7.89. The van der Waals surface area contributed by atoms with Crippen molar-refractivity contribution < 1.29 is 17.6 Å². The minimum Gasteiger partial charge on any atom is -0.306 e. The van der Waals surface area contributed by atoms with Gasteiger partial charge < -0.3 is 5.32 Å². The van der Waals surface area contributed by atoms with Crippen molar-refractivity contribution in [2.75, 3.05) is 18.4 Å². The number of sulfonamides is 1. The van der Waals surface area contributed by atoms with Gasteiger partial charge >= 0.3 is 0 Å². The molecule has 0 aliphatic carbocycles. The van der Waals surface area contributed by atoms with Crippen LogP contribution < -0.4 is 5.32 Å². The van der Waals surface area contributed by atoms with Crippen LogP contribution in [-0.4, -0.2) is 46.5 Å². The molecule has 0 spiro atoms. The largest absolute Gasteiger partial charge is 0.306 e. The summed E-state index contributed by atoms with van der Waals surface area (Å²) in [7, 11) is -3.54. The Hall–Kier alpha value is -3.41. The second-order valence-electron chi connectivity index (χ2n) is 8.19. The van der Waals surface area contributed by atoms with Gasteiger partial charge in [0.25, 0.3) is 5.91 Å². The molecule has 2 aromatic carbocycles. The molecule has 3 heterocycles. The highest BCUT2D eigenvalue weighted by atomic mass is 32.2. The first-order valence-electron chi connectivity index (χ1n) is 11.0. The van der Waals surface area contributed by atoms with Crippen LogP contribution in [0.15, 0.2) is 64.9 Å². The summed E-state index contributed by atoms with van der Waals surface area (Å²) in [5.74, 6) is -0.286. The van der Waals surface area contributed by atoms with E-state index in [9.17, 15) is 17.6 Å². The highest BCUT2D eigenvalue weighted by Crippen LogP contribution is 2.27. The molecule has 11 heteroatoms. The first-order valence-corrected chi connectivity index (χ1v) is 13.3. The molecule has 1 amide bonds. The summed E-state index contributed by atoms with van der Waals surface area (Å²) in [5, 5.41) is 9.66. The summed E-state index contributed by atoms with van der Waals surface area (Å²) in [4.78, 5) is 17.7. The van der Waals surface area contributed by atoms with Crippen LogP contribution in [0, 0.1) is 12.7 Å². The predicted octanol–water partition coefficient (Wildman–Crippen LogP) is 4.48. The maximum absolute atomic E-state index is 13.2. The number of aromatic nitrogens is 3. The fourth-order valence-corrected chi connectivity index (χ4v) is 6.21. The first-order chi connectivity index (χ1) is 16.8. The maximum Gasteiger partial charge on any atom is 0.256 e. The van der Waals surface area contributed by atoms with Crippen molar-refractivity contribution >= 4 is 33.1 Å². The molecule has 5 rings (SSSR count). The number of nitrogens with zero attached hydrogens (tertiary/aromatic N) is 4. The average Bonchev–Trinajstić information content (AvgIpc) is 3.61. The van der Waals surface area contributed by atoms with Crippen LogP contribution in [0.4, 0.5) is 10.2 Å². The van der Waals surface area contributed by atoms with Crippen LogP contribution in [-0.2, 0) is 10.0 Å². The van der Waals surface area contributed by atoms with Gasteiger partial charge in [0.1, 0.15) is 11.6 Å². The Bertz CT molecular complexity index is 1470. The average molecular weight is 512 g/mol. The molecule has 1 aliphatic rings. The third kappa shape index (κ3) is 4.75. The summed E-state index contributed by atoms with van der Waals surface area (Å²) in [6.45, 7) is 2.85. The van der Waals surface area contributed by atoms with Gasteiger partial charge in [-0.2, -0.15) is 14.1 Å². The molecule has 1 aliphatic heterocycles. The Morgan fingerprint density at radius 3 is 2.43 bits per heavy atom. The molecular weight excluding hydrogens is 489 g/mol. The Balaban J connectivity index is 1.35. The fraction of sp³-hybridized carbons (Fsp3) is 0.208. The number of hydrogen-bond donors (Lipinski definition) is 1. The Labute approximate surface area is 206 Å². The molecular formula is C24H22FN5O3S2. The van der Waals surface area contributed by atoms with Crippen molar-refractivity contribution in [1.82, 2.24) is 19.1 Å². The smallest absolute Gasteiger partial charge is 0.256 e. The molecule has 0 atom stereocenters. The van der Waals surface area contributed by atoms with Gasteiger partial charge in [-0.15, -0.1) is 11.3 Å². The lowest BCUT2D eigenvalue weighted by molar-refractivity contribution is 0.102. The van der Waals surface area contributed by atoms with Gasteiger partial charge in [0.2, 0.25) is 15.2 Å². The third-order valence-electron chi connectivity index (χ3n) is 5.71. The van der Waals surface area contributed by atoms with Crippen molar-refractivity contribution in [3.8, 4) is 16.4 Å². The number of halogens is 1. The summed E-state index contributed by atoms with van der Waals surface area (Å²) in [5.41, 5.74) is 2.45. The van der Waals surface area contributed by atoms with E-state index in [1.54, 1.807) is 25.1 Å². The number of aryl methyl sites for hydroxylation is 1. The highest BCUT2D eigenvalue weighted by Gasteiger charge is 2.27. The molecule has 1 N–H and O–H groups in total. The van der Waals surface area contributed by atoms with Crippen molar-refractivity contribution in [3.63, 3.8) is 0 Å². The van der Waals surface area contributed by atoms with Crippen molar-refractivity contribution in [1.29, 1.82) is 0 Å². The van der Waals surface area contributed by atoms with Crippen LogP contribution >= 0.6 is 11.3 Å². The molecule has 180 valence electrons. The lowest BCUT2D eigenvalue weighted by atomic mass is 10.2. The number of carbonyl (C=O) groups is 1. The van der Waals surface area contributed by atoms with Gasteiger partial charge in [-0.25, -0.2) is 17.8 Å². The van der Waals surface area contributed by atoms with Crippen molar-refractivity contribution in [2.45, 2.75) is 24.7 Å². The van der Waals surface area contributed by atoms with Crippen LogP contribution in [0.5, 0.6) is 0 Å². The van der Waals surface area contributed by atoms with E-state index in [2.05, 4.69) is 15.4 Å². The molecule has 0 bridgehead atoms. The summed E-state index contributed by atoms with van der Waals surface area (Å²) in [6.07, 6.45) is 1.72. The number of benzene rings is 2. The van der Waals surface area contributed by atoms with Crippen LogP contribution in [0.1, 0.15) is 28.9 Å². The topological polar surface area (TPSA) is 97.2 Å². The first kappa shape index (κ1) is 23.3. The summed E-state index contributed by atoms with van der Waals surface area (Å²) < 4.78 is 41.7. The zero-order valence-corrected chi connectivity index (χ0v) is 20.4. The Morgan fingerprint density at radius 2 is 1.74 bits per heavy atom. The third-order valence-corrected chi connectivity index (χ3v) is 8.43. The van der Waals surface area contributed by atoms with E-state index in [1.807, 2.05) is 5.38 Å². The van der Waals surface area contributed by atoms with E-state index in [-0.39, 0.29) is 10.7 Å². The van der Waals surface area contributed by atoms with Crippen molar-refractivity contribution in [3.05, 3.63) is 77.1 Å². The molecule has 0 radical (unpaired) electrons. The second kappa shape index (κ2) is 9.33. The Kier molecular flexibility index (Phi) is 6.22. The number of rotatable bonds is 6. The molecule has 1 saturated heterocycles. The SMILES string of the molecule is Cc1cc(NC(=O)c2ccc(S(=O)(=O)N3CCCC3)cc2)n(-c2nc(-c3ccc(F)cc3)cs2)n1. The zero-order valence-electron chi connectivity index (χ0n) is 18.8. The van der Waals surface area contributed by atoms with Gasteiger partial charge in [0.05, 0.1) is 16.3 Å². The molecule has 1 fully saturated rings. The maximum atomic E-state index is 13.2. The molecule has 8 nitrogen and oxygen atoms in total. The lowest BCUT2D eigenvalue weighted by Crippen LogP contribution is -2.27.